The highest BCUT2D eigenvalue weighted by atomic mass is 16.7. The lowest BCUT2D eigenvalue weighted by Crippen LogP contribution is -2.41. The van der Waals surface area contributed by atoms with Crippen LogP contribution in [0.3, 0.4) is 0 Å². The average Bonchev–Trinajstić information content (AvgIpc) is 2.34. The quantitative estimate of drug-likeness (QED) is 0.683. The van der Waals surface area contributed by atoms with E-state index >= 15 is 0 Å². The highest BCUT2D eigenvalue weighted by Crippen LogP contribution is 2.36. The number of hydrogen-bond donors (Lipinski definition) is 0. The minimum Gasteiger partial charge on any atom is -0.431 e. The van der Waals surface area contributed by atoms with E-state index in [0.717, 1.165) is 32.1 Å². The summed E-state index contributed by atoms with van der Waals surface area (Å²) in [7, 11) is 0. The third-order valence-corrected chi connectivity index (χ3v) is 4.73. The van der Waals surface area contributed by atoms with Gasteiger partial charge in [-0.3, -0.25) is 0 Å². The van der Waals surface area contributed by atoms with Crippen molar-refractivity contribution in [2.24, 2.45) is 5.92 Å². The molecule has 0 aromatic heterocycles. The molecule has 104 valence electrons. The van der Waals surface area contributed by atoms with Crippen LogP contribution in [0.15, 0.2) is 0 Å². The van der Waals surface area contributed by atoms with Gasteiger partial charge >= 0.3 is 6.16 Å². The second-order valence-electron chi connectivity index (χ2n) is 6.19. The molecule has 2 atom stereocenters. The van der Waals surface area contributed by atoms with Gasteiger partial charge < -0.3 is 9.47 Å². The first-order valence-electron chi connectivity index (χ1n) is 7.50. The van der Waals surface area contributed by atoms with Gasteiger partial charge in [0, 0.05) is 0 Å². The van der Waals surface area contributed by atoms with Crippen molar-refractivity contribution < 1.29 is 14.3 Å². The van der Waals surface area contributed by atoms with Crippen LogP contribution in [0.4, 0.5) is 4.79 Å². The van der Waals surface area contributed by atoms with Gasteiger partial charge in [-0.1, -0.05) is 19.8 Å². The van der Waals surface area contributed by atoms with E-state index in [9.17, 15) is 4.79 Å². The number of ether oxygens (including phenoxy) is 2. The molecule has 0 N–H and O–H groups in total. The summed E-state index contributed by atoms with van der Waals surface area (Å²) < 4.78 is 11.1. The van der Waals surface area contributed by atoms with Crippen molar-refractivity contribution >= 4 is 6.16 Å². The van der Waals surface area contributed by atoms with E-state index in [1.54, 1.807) is 0 Å². The molecular formula is C15H26O3. The van der Waals surface area contributed by atoms with Crippen LogP contribution in [-0.2, 0) is 9.47 Å². The standard InChI is InChI=1S/C15H26O3/c1-12-8-6-7-11-15(12,2)18-14(16)17-13-9-4-3-5-10-13/h12-13H,3-11H2,1-2H3. The van der Waals surface area contributed by atoms with Gasteiger partial charge in [0.1, 0.15) is 11.7 Å². The van der Waals surface area contributed by atoms with Crippen LogP contribution in [-0.4, -0.2) is 17.9 Å². The fourth-order valence-corrected chi connectivity index (χ4v) is 3.16. The zero-order chi connectivity index (χ0) is 13.0. The van der Waals surface area contributed by atoms with E-state index in [1.165, 1.54) is 25.7 Å². The number of hydrogen-bond acceptors (Lipinski definition) is 3. The van der Waals surface area contributed by atoms with E-state index in [0.29, 0.717) is 5.92 Å². The topological polar surface area (TPSA) is 35.5 Å². The van der Waals surface area contributed by atoms with Crippen molar-refractivity contribution in [1.29, 1.82) is 0 Å². The lowest BCUT2D eigenvalue weighted by molar-refractivity contribution is -0.0848. The Bertz CT molecular complexity index is 283. The summed E-state index contributed by atoms with van der Waals surface area (Å²) in [6.45, 7) is 4.23. The Kier molecular flexibility index (Phi) is 4.52. The van der Waals surface area contributed by atoms with Gasteiger partial charge in [-0.25, -0.2) is 4.79 Å². The molecule has 2 rings (SSSR count). The van der Waals surface area contributed by atoms with E-state index < -0.39 is 6.16 Å². The minimum atomic E-state index is -0.446. The van der Waals surface area contributed by atoms with E-state index in [1.807, 2.05) is 0 Å². The summed E-state index contributed by atoms with van der Waals surface area (Å²) >= 11 is 0. The first-order chi connectivity index (χ1) is 8.60. The predicted molar refractivity (Wildman–Crippen MR) is 70.5 cm³/mol. The lowest BCUT2D eigenvalue weighted by Gasteiger charge is -2.38. The summed E-state index contributed by atoms with van der Waals surface area (Å²) in [4.78, 5) is 11.9. The van der Waals surface area contributed by atoms with Crippen LogP contribution in [0.1, 0.15) is 71.6 Å². The molecule has 2 aliphatic rings. The maximum Gasteiger partial charge on any atom is 0.509 e. The molecular weight excluding hydrogens is 228 g/mol. The molecule has 0 heterocycles. The fraction of sp³-hybridized carbons (Fsp3) is 0.933. The fourth-order valence-electron chi connectivity index (χ4n) is 3.16. The normalized spacial score (nSPS) is 34.0. The molecule has 2 aliphatic carbocycles. The second kappa shape index (κ2) is 5.94. The highest BCUT2D eigenvalue weighted by Gasteiger charge is 2.38. The minimum absolute atomic E-state index is 0.0914. The second-order valence-corrected chi connectivity index (χ2v) is 6.19. The summed E-state index contributed by atoms with van der Waals surface area (Å²) in [6.07, 6.45) is 9.77. The largest absolute Gasteiger partial charge is 0.509 e. The van der Waals surface area contributed by atoms with Crippen LogP contribution in [0.5, 0.6) is 0 Å². The molecule has 2 saturated carbocycles. The third kappa shape index (κ3) is 3.39. The van der Waals surface area contributed by atoms with Crippen molar-refractivity contribution in [2.45, 2.75) is 83.3 Å². The van der Waals surface area contributed by atoms with Gasteiger partial charge in [-0.05, 0) is 57.8 Å². The zero-order valence-electron chi connectivity index (χ0n) is 11.7. The van der Waals surface area contributed by atoms with E-state index in [4.69, 9.17) is 9.47 Å². The van der Waals surface area contributed by atoms with Crippen molar-refractivity contribution in [3.05, 3.63) is 0 Å². The van der Waals surface area contributed by atoms with Gasteiger partial charge in [0.05, 0.1) is 0 Å². The highest BCUT2D eigenvalue weighted by molar-refractivity contribution is 5.61. The number of rotatable bonds is 2. The first-order valence-corrected chi connectivity index (χ1v) is 7.50. The lowest BCUT2D eigenvalue weighted by atomic mass is 9.77. The number of carbonyl (C=O) groups excluding carboxylic acids is 1. The van der Waals surface area contributed by atoms with Gasteiger partial charge in [0.25, 0.3) is 0 Å². The van der Waals surface area contributed by atoms with Crippen molar-refractivity contribution in [3.63, 3.8) is 0 Å². The molecule has 0 saturated heterocycles. The monoisotopic (exact) mass is 254 g/mol. The molecule has 0 bridgehead atoms. The molecule has 0 spiro atoms. The van der Waals surface area contributed by atoms with Crippen molar-refractivity contribution in [1.82, 2.24) is 0 Å². The summed E-state index contributed by atoms with van der Waals surface area (Å²) in [5, 5.41) is 0. The van der Waals surface area contributed by atoms with Gasteiger partial charge in [0.15, 0.2) is 0 Å². The average molecular weight is 254 g/mol. The molecule has 0 aromatic carbocycles. The smallest absolute Gasteiger partial charge is 0.431 e. The Morgan fingerprint density at radius 2 is 1.72 bits per heavy atom. The summed E-state index contributed by atoms with van der Waals surface area (Å²) in [5.41, 5.74) is -0.315. The zero-order valence-corrected chi connectivity index (χ0v) is 11.7. The Morgan fingerprint density at radius 1 is 1.06 bits per heavy atom. The maximum atomic E-state index is 11.9. The molecule has 0 aliphatic heterocycles. The van der Waals surface area contributed by atoms with Crippen LogP contribution in [0.25, 0.3) is 0 Å². The Morgan fingerprint density at radius 3 is 2.39 bits per heavy atom. The van der Waals surface area contributed by atoms with Crippen LogP contribution >= 0.6 is 0 Å². The molecule has 2 unspecified atom stereocenters. The van der Waals surface area contributed by atoms with Crippen LogP contribution < -0.4 is 0 Å². The van der Waals surface area contributed by atoms with Crippen molar-refractivity contribution in [3.8, 4) is 0 Å². The third-order valence-electron chi connectivity index (χ3n) is 4.73. The van der Waals surface area contributed by atoms with E-state index in [-0.39, 0.29) is 11.7 Å². The van der Waals surface area contributed by atoms with E-state index in [2.05, 4.69) is 13.8 Å². The Hall–Kier alpha value is -0.730. The SMILES string of the molecule is CC1CCCCC1(C)OC(=O)OC1CCCCC1. The molecule has 2 fully saturated rings. The Labute approximate surface area is 110 Å². The number of carbonyl (C=O) groups is 1. The maximum absolute atomic E-state index is 11.9. The van der Waals surface area contributed by atoms with Gasteiger partial charge in [0.2, 0.25) is 0 Å². The molecule has 3 heteroatoms. The van der Waals surface area contributed by atoms with Crippen LogP contribution in [0, 0.1) is 5.92 Å². The summed E-state index contributed by atoms with van der Waals surface area (Å²) in [5.74, 6) is 0.435. The molecule has 0 radical (unpaired) electrons. The van der Waals surface area contributed by atoms with Crippen LogP contribution in [0.2, 0.25) is 0 Å². The Balaban J connectivity index is 1.82. The van der Waals surface area contributed by atoms with Crippen molar-refractivity contribution in [2.75, 3.05) is 0 Å². The van der Waals surface area contributed by atoms with Gasteiger partial charge in [-0.2, -0.15) is 0 Å². The molecule has 3 nitrogen and oxygen atoms in total. The predicted octanol–water partition coefficient (Wildman–Crippen LogP) is 4.44. The first kappa shape index (κ1) is 13.7. The molecule has 0 aromatic rings. The molecule has 0 amide bonds. The summed E-state index contributed by atoms with van der Waals surface area (Å²) in [6, 6.07) is 0. The molecule has 18 heavy (non-hydrogen) atoms. The van der Waals surface area contributed by atoms with Gasteiger partial charge in [-0.15, -0.1) is 0 Å².